The van der Waals surface area contributed by atoms with Crippen molar-refractivity contribution in [3.8, 4) is 0 Å². The van der Waals surface area contributed by atoms with E-state index in [1.54, 1.807) is 0 Å². The number of nitrogens with one attached hydrogen (secondary N) is 1. The fraction of sp³-hybridized carbons (Fsp3) is 0.588. The summed E-state index contributed by atoms with van der Waals surface area (Å²) in [5, 5.41) is 2.96. The van der Waals surface area contributed by atoms with Crippen molar-refractivity contribution in [3.05, 3.63) is 23.8 Å². The van der Waals surface area contributed by atoms with E-state index in [0.29, 0.717) is 12.1 Å². The van der Waals surface area contributed by atoms with Gasteiger partial charge in [0.1, 0.15) is 0 Å². The lowest BCUT2D eigenvalue weighted by atomic mass is 10.1. The third-order valence-electron chi connectivity index (χ3n) is 3.96. The molecule has 116 valence electrons. The van der Waals surface area contributed by atoms with Gasteiger partial charge in [-0.25, -0.2) is 0 Å². The van der Waals surface area contributed by atoms with Crippen LogP contribution < -0.4 is 11.1 Å². The zero-order chi connectivity index (χ0) is 15.2. The van der Waals surface area contributed by atoms with Crippen LogP contribution in [0, 0.1) is 6.92 Å². The van der Waals surface area contributed by atoms with E-state index in [1.807, 2.05) is 25.1 Å². The lowest BCUT2D eigenvalue weighted by molar-refractivity contribution is -0.116. The number of hydrogen-bond acceptors (Lipinski definition) is 3. The zero-order valence-corrected chi connectivity index (χ0v) is 13.2. The average molecular weight is 289 g/mol. The molecule has 0 aromatic heterocycles. The van der Waals surface area contributed by atoms with Gasteiger partial charge in [0.15, 0.2) is 0 Å². The maximum absolute atomic E-state index is 12.0. The highest BCUT2D eigenvalue weighted by Gasteiger charge is 2.27. The van der Waals surface area contributed by atoms with Crippen LogP contribution in [0.4, 0.5) is 11.4 Å². The molecule has 0 atom stereocenters. The van der Waals surface area contributed by atoms with E-state index in [2.05, 4.69) is 17.1 Å². The molecule has 0 saturated heterocycles. The van der Waals surface area contributed by atoms with Gasteiger partial charge in [0, 0.05) is 23.8 Å². The highest BCUT2D eigenvalue weighted by Crippen LogP contribution is 2.27. The smallest absolute Gasteiger partial charge is 0.224 e. The van der Waals surface area contributed by atoms with E-state index in [0.717, 1.165) is 36.8 Å². The molecule has 1 saturated carbocycles. The van der Waals surface area contributed by atoms with Crippen LogP contribution in [-0.4, -0.2) is 29.9 Å². The lowest BCUT2D eigenvalue weighted by Gasteiger charge is -2.20. The molecule has 1 aliphatic carbocycles. The molecule has 0 radical (unpaired) electrons. The first-order valence-corrected chi connectivity index (χ1v) is 8.00. The van der Waals surface area contributed by atoms with E-state index in [4.69, 9.17) is 5.73 Å². The van der Waals surface area contributed by atoms with Crippen LogP contribution in [0.3, 0.4) is 0 Å². The van der Waals surface area contributed by atoms with Crippen molar-refractivity contribution < 1.29 is 4.79 Å². The van der Waals surface area contributed by atoms with E-state index in [1.165, 1.54) is 19.3 Å². The molecule has 2 rings (SSSR count). The Morgan fingerprint density at radius 3 is 2.81 bits per heavy atom. The largest absolute Gasteiger partial charge is 0.399 e. The van der Waals surface area contributed by atoms with Gasteiger partial charge in [-0.2, -0.15) is 0 Å². The van der Waals surface area contributed by atoms with E-state index < -0.39 is 0 Å². The summed E-state index contributed by atoms with van der Waals surface area (Å²) in [5.41, 5.74) is 8.31. The Hall–Kier alpha value is -1.55. The molecular formula is C17H27N3O. The minimum atomic E-state index is 0.0796. The van der Waals surface area contributed by atoms with Gasteiger partial charge in [-0.3, -0.25) is 4.79 Å². The summed E-state index contributed by atoms with van der Waals surface area (Å²) in [5.74, 6) is 0.0796. The molecule has 0 bridgehead atoms. The van der Waals surface area contributed by atoms with Gasteiger partial charge in [0.2, 0.25) is 5.91 Å². The Morgan fingerprint density at radius 2 is 2.14 bits per heavy atom. The number of hydrogen-bond donors (Lipinski definition) is 2. The Balaban J connectivity index is 1.75. The monoisotopic (exact) mass is 289 g/mol. The fourth-order valence-electron chi connectivity index (χ4n) is 2.63. The van der Waals surface area contributed by atoms with Crippen molar-refractivity contribution in [2.75, 3.05) is 24.1 Å². The number of carbonyl (C=O) groups is 1. The number of aryl methyl sites for hydroxylation is 1. The number of benzene rings is 1. The molecule has 21 heavy (non-hydrogen) atoms. The number of anilines is 2. The van der Waals surface area contributed by atoms with Crippen molar-refractivity contribution in [3.63, 3.8) is 0 Å². The number of rotatable bonds is 8. The first-order chi connectivity index (χ1) is 10.1. The SMILES string of the molecule is CCCN(CCCC(=O)Nc1cc(N)ccc1C)C1CC1. The predicted octanol–water partition coefficient (Wildman–Crippen LogP) is 3.17. The van der Waals surface area contributed by atoms with E-state index >= 15 is 0 Å². The molecular weight excluding hydrogens is 262 g/mol. The number of nitrogens with two attached hydrogens (primary N) is 1. The minimum Gasteiger partial charge on any atom is -0.399 e. The van der Waals surface area contributed by atoms with Crippen molar-refractivity contribution in [2.24, 2.45) is 0 Å². The van der Waals surface area contributed by atoms with Gasteiger partial charge in [-0.1, -0.05) is 13.0 Å². The minimum absolute atomic E-state index is 0.0796. The second-order valence-electron chi connectivity index (χ2n) is 5.99. The molecule has 4 heteroatoms. The topological polar surface area (TPSA) is 58.4 Å². The van der Waals surface area contributed by atoms with Gasteiger partial charge in [-0.15, -0.1) is 0 Å². The third kappa shape index (κ3) is 5.05. The highest BCUT2D eigenvalue weighted by atomic mass is 16.1. The number of amides is 1. The molecule has 0 aliphatic heterocycles. The molecule has 1 aromatic rings. The van der Waals surface area contributed by atoms with Crippen molar-refractivity contribution in [1.29, 1.82) is 0 Å². The van der Waals surface area contributed by atoms with Gasteiger partial charge in [0.05, 0.1) is 0 Å². The third-order valence-corrected chi connectivity index (χ3v) is 3.96. The quantitative estimate of drug-likeness (QED) is 0.723. The number of nitrogens with zero attached hydrogens (tertiary/aromatic N) is 1. The number of carbonyl (C=O) groups excluding carboxylic acids is 1. The molecule has 3 N–H and O–H groups in total. The Morgan fingerprint density at radius 1 is 1.38 bits per heavy atom. The molecule has 1 amide bonds. The second kappa shape index (κ2) is 7.46. The Bertz CT molecular complexity index is 483. The molecule has 0 heterocycles. The normalized spacial score (nSPS) is 14.4. The summed E-state index contributed by atoms with van der Waals surface area (Å²) < 4.78 is 0. The Kier molecular flexibility index (Phi) is 5.62. The number of nitrogen functional groups attached to an aromatic ring is 1. The lowest BCUT2D eigenvalue weighted by Crippen LogP contribution is -2.28. The van der Waals surface area contributed by atoms with Crippen LogP contribution in [0.1, 0.15) is 44.6 Å². The van der Waals surface area contributed by atoms with Crippen LogP contribution in [0.5, 0.6) is 0 Å². The fourth-order valence-corrected chi connectivity index (χ4v) is 2.63. The molecule has 1 aromatic carbocycles. The predicted molar refractivity (Wildman–Crippen MR) is 88.3 cm³/mol. The molecule has 1 fully saturated rings. The van der Waals surface area contributed by atoms with Crippen molar-refractivity contribution in [2.45, 2.75) is 52.0 Å². The van der Waals surface area contributed by atoms with Crippen LogP contribution in [0.2, 0.25) is 0 Å². The van der Waals surface area contributed by atoms with Crippen LogP contribution in [0.25, 0.3) is 0 Å². The average Bonchev–Trinajstić information content (AvgIpc) is 3.26. The standard InChI is InChI=1S/C17H27N3O/c1-3-10-20(15-8-9-15)11-4-5-17(21)19-16-12-14(18)7-6-13(16)2/h6-7,12,15H,3-5,8-11,18H2,1-2H3,(H,19,21). The zero-order valence-electron chi connectivity index (χ0n) is 13.2. The van der Waals surface area contributed by atoms with Gasteiger partial charge in [0.25, 0.3) is 0 Å². The van der Waals surface area contributed by atoms with Crippen LogP contribution in [-0.2, 0) is 4.79 Å². The first kappa shape index (κ1) is 15.8. The van der Waals surface area contributed by atoms with Crippen molar-refractivity contribution in [1.82, 2.24) is 4.90 Å². The molecule has 0 unspecified atom stereocenters. The molecule has 4 nitrogen and oxygen atoms in total. The van der Waals surface area contributed by atoms with Gasteiger partial charge < -0.3 is 16.0 Å². The summed E-state index contributed by atoms with van der Waals surface area (Å²) in [6, 6.07) is 6.38. The van der Waals surface area contributed by atoms with E-state index in [9.17, 15) is 4.79 Å². The van der Waals surface area contributed by atoms with Gasteiger partial charge in [-0.05, 0) is 63.4 Å². The maximum Gasteiger partial charge on any atom is 0.224 e. The molecule has 0 spiro atoms. The summed E-state index contributed by atoms with van der Waals surface area (Å²) in [6.07, 6.45) is 5.33. The summed E-state index contributed by atoms with van der Waals surface area (Å²) in [4.78, 5) is 14.6. The summed E-state index contributed by atoms with van der Waals surface area (Å²) >= 11 is 0. The van der Waals surface area contributed by atoms with Crippen molar-refractivity contribution >= 4 is 17.3 Å². The highest BCUT2D eigenvalue weighted by molar-refractivity contribution is 5.91. The summed E-state index contributed by atoms with van der Waals surface area (Å²) in [7, 11) is 0. The van der Waals surface area contributed by atoms with E-state index in [-0.39, 0.29) is 5.91 Å². The van der Waals surface area contributed by atoms with Gasteiger partial charge >= 0.3 is 0 Å². The summed E-state index contributed by atoms with van der Waals surface area (Å²) in [6.45, 7) is 6.37. The molecule has 1 aliphatic rings. The first-order valence-electron chi connectivity index (χ1n) is 8.00. The van der Waals surface area contributed by atoms with Crippen LogP contribution in [0.15, 0.2) is 18.2 Å². The van der Waals surface area contributed by atoms with Crippen LogP contribution >= 0.6 is 0 Å². The maximum atomic E-state index is 12.0. The Labute approximate surface area is 127 Å². The second-order valence-corrected chi connectivity index (χ2v) is 5.99.